The molecule has 0 atom stereocenters. The molecule has 0 bridgehead atoms. The summed E-state index contributed by atoms with van der Waals surface area (Å²) in [6.07, 6.45) is 0. The lowest BCUT2D eigenvalue weighted by Crippen LogP contribution is -2.03. The van der Waals surface area contributed by atoms with Crippen molar-refractivity contribution in [2.45, 2.75) is 27.7 Å². The average molecular weight is 400 g/mol. The molecule has 0 fully saturated rings. The molecule has 0 saturated carbocycles. The predicted molar refractivity (Wildman–Crippen MR) is 92.5 cm³/mol. The van der Waals surface area contributed by atoms with Crippen LogP contribution in [0.5, 0.6) is 0 Å². The fourth-order valence-corrected chi connectivity index (χ4v) is 4.24. The van der Waals surface area contributed by atoms with Crippen LogP contribution in [0.2, 0.25) is 0 Å². The Labute approximate surface area is 149 Å². The van der Waals surface area contributed by atoms with Crippen molar-refractivity contribution in [2.24, 2.45) is 0 Å². The first-order valence-electron chi connectivity index (χ1n) is 7.53. The highest BCUT2D eigenvalue weighted by Crippen LogP contribution is 2.65. The van der Waals surface area contributed by atoms with Gasteiger partial charge in [0.15, 0.2) is 0 Å². The van der Waals surface area contributed by atoms with Gasteiger partial charge in [-0.3, -0.25) is 18.1 Å². The number of aliphatic hydroxyl groups excluding tert-OH is 2. The van der Waals surface area contributed by atoms with E-state index in [0.29, 0.717) is 0 Å². The normalized spacial score (nSPS) is 10.6. The van der Waals surface area contributed by atoms with Crippen LogP contribution in [0.25, 0.3) is 0 Å². The van der Waals surface area contributed by atoms with Gasteiger partial charge >= 0.3 is 15.6 Å². The molecule has 25 heavy (non-hydrogen) atoms. The minimum Gasteiger partial charge on any atom is -0.384 e. The van der Waals surface area contributed by atoms with Crippen LogP contribution in [-0.4, -0.2) is 49.9 Å². The van der Waals surface area contributed by atoms with E-state index in [2.05, 4.69) is 23.7 Å². The summed E-state index contributed by atoms with van der Waals surface area (Å²) >= 11 is 0. The third-order valence-corrected chi connectivity index (χ3v) is 5.64. The lowest BCUT2D eigenvalue weighted by Gasteiger charge is -2.21. The number of rotatable bonds is 10. The molecule has 0 rings (SSSR count). The maximum absolute atomic E-state index is 12.0. The first-order chi connectivity index (χ1) is 11.9. The monoisotopic (exact) mass is 400 g/mol. The molecule has 11 heteroatoms. The Morgan fingerprint density at radius 3 is 1.16 bits per heavy atom. The molecule has 9 nitrogen and oxygen atoms in total. The van der Waals surface area contributed by atoms with Crippen molar-refractivity contribution in [2.75, 3.05) is 39.6 Å². The minimum atomic E-state index is -3.91. The molecular formula is C14H26O9P2. The highest BCUT2D eigenvalue weighted by molar-refractivity contribution is 7.62. The molecule has 0 aromatic carbocycles. The highest BCUT2D eigenvalue weighted by Gasteiger charge is 2.39. The van der Waals surface area contributed by atoms with Gasteiger partial charge in [0.2, 0.25) is 0 Å². The first kappa shape index (κ1) is 26.5. The maximum atomic E-state index is 12.0. The first-order valence-corrected chi connectivity index (χ1v) is 10.5. The van der Waals surface area contributed by atoms with Crippen molar-refractivity contribution >= 4 is 15.6 Å². The Morgan fingerprint density at radius 1 is 0.680 bits per heavy atom. The summed E-state index contributed by atoms with van der Waals surface area (Å²) in [5.41, 5.74) is 0. The number of phosphoric acid groups is 2. The molecule has 0 aromatic heterocycles. The Hall–Kier alpha value is -0.700. The summed E-state index contributed by atoms with van der Waals surface area (Å²) in [6.45, 7) is 6.46. The topological polar surface area (TPSA) is 121 Å². The third kappa shape index (κ3) is 15.3. The number of hydrogen-bond acceptors (Lipinski definition) is 9. The smallest absolute Gasteiger partial charge is 0.384 e. The molecule has 0 heterocycles. The van der Waals surface area contributed by atoms with Crippen molar-refractivity contribution in [1.82, 2.24) is 0 Å². The van der Waals surface area contributed by atoms with Gasteiger partial charge in [-0.15, -0.1) is 0 Å². The van der Waals surface area contributed by atoms with Gasteiger partial charge in [0.05, 0.1) is 26.4 Å². The van der Waals surface area contributed by atoms with E-state index in [4.69, 9.17) is 32.6 Å². The van der Waals surface area contributed by atoms with E-state index in [1.54, 1.807) is 27.7 Å². The fourth-order valence-electron chi connectivity index (χ4n) is 1.09. The minimum absolute atomic E-state index is 0.0928. The van der Waals surface area contributed by atoms with Gasteiger partial charge < -0.3 is 10.2 Å². The van der Waals surface area contributed by atoms with Gasteiger partial charge in [0.25, 0.3) is 0 Å². The molecule has 0 radical (unpaired) electrons. The predicted octanol–water partition coefficient (Wildman–Crippen LogP) is 2.34. The summed E-state index contributed by atoms with van der Waals surface area (Å²) in [4.78, 5) is 0. The number of aliphatic hydroxyl groups is 2. The van der Waals surface area contributed by atoms with E-state index in [1.165, 1.54) is 0 Å². The van der Waals surface area contributed by atoms with Crippen LogP contribution < -0.4 is 0 Å². The lowest BCUT2D eigenvalue weighted by atomic mass is 10.5. The Bertz CT molecular complexity index is 474. The van der Waals surface area contributed by atoms with Gasteiger partial charge in [0.1, 0.15) is 13.2 Å². The van der Waals surface area contributed by atoms with Crippen LogP contribution in [0.3, 0.4) is 0 Å². The Morgan fingerprint density at radius 2 is 0.960 bits per heavy atom. The maximum Gasteiger partial charge on any atom is 0.483 e. The highest BCUT2D eigenvalue weighted by atomic mass is 31.3. The molecule has 0 aromatic rings. The van der Waals surface area contributed by atoms with E-state index in [0.717, 1.165) is 0 Å². The second-order valence-electron chi connectivity index (χ2n) is 3.57. The molecule has 146 valence electrons. The molecule has 0 unspecified atom stereocenters. The molecule has 0 aliphatic rings. The largest absolute Gasteiger partial charge is 0.483 e. The van der Waals surface area contributed by atoms with Crippen molar-refractivity contribution in [3.8, 4) is 23.7 Å². The number of hydrogen-bond donors (Lipinski definition) is 2. The summed E-state index contributed by atoms with van der Waals surface area (Å²) in [5, 5.41) is 16.1. The SMILES string of the molecule is CCOP(=O)(OCC)OP(=O)(OCC)OCC.OCC#CC#CCO. The quantitative estimate of drug-likeness (QED) is 0.420. The average Bonchev–Trinajstić information content (AvgIpc) is 2.52. The second-order valence-corrected chi connectivity index (χ2v) is 7.04. The van der Waals surface area contributed by atoms with Crippen molar-refractivity contribution in [3.63, 3.8) is 0 Å². The molecule has 0 aliphatic heterocycles. The van der Waals surface area contributed by atoms with Crippen LogP contribution in [0.4, 0.5) is 0 Å². The summed E-state index contributed by atoms with van der Waals surface area (Å²) in [6, 6.07) is 0. The molecule has 0 amide bonds. The van der Waals surface area contributed by atoms with Crippen LogP contribution >= 0.6 is 15.6 Å². The van der Waals surface area contributed by atoms with Gasteiger partial charge in [-0.1, -0.05) is 11.8 Å². The van der Waals surface area contributed by atoms with E-state index in [1.807, 2.05) is 0 Å². The number of phosphoric ester groups is 2. The Kier molecular flexibility index (Phi) is 17.8. The lowest BCUT2D eigenvalue weighted by molar-refractivity contribution is 0.119. The van der Waals surface area contributed by atoms with E-state index in [9.17, 15) is 9.13 Å². The second kappa shape index (κ2) is 16.8. The molecule has 0 aliphatic carbocycles. The molecular weight excluding hydrogens is 374 g/mol. The third-order valence-electron chi connectivity index (χ3n) is 1.75. The van der Waals surface area contributed by atoms with Gasteiger partial charge in [-0.25, -0.2) is 9.13 Å². The Balaban J connectivity index is 0. The zero-order valence-corrected chi connectivity index (χ0v) is 16.7. The van der Waals surface area contributed by atoms with Crippen molar-refractivity contribution in [3.05, 3.63) is 0 Å². The zero-order chi connectivity index (χ0) is 19.6. The van der Waals surface area contributed by atoms with E-state index in [-0.39, 0.29) is 39.6 Å². The van der Waals surface area contributed by atoms with Gasteiger partial charge in [0, 0.05) is 0 Å². The van der Waals surface area contributed by atoms with E-state index >= 15 is 0 Å². The molecule has 0 saturated heterocycles. The summed E-state index contributed by atoms with van der Waals surface area (Å²) in [7, 11) is -7.83. The summed E-state index contributed by atoms with van der Waals surface area (Å²) < 4.78 is 48.1. The van der Waals surface area contributed by atoms with Crippen LogP contribution in [0, 0.1) is 23.7 Å². The summed E-state index contributed by atoms with van der Waals surface area (Å²) in [5.74, 6) is 9.24. The van der Waals surface area contributed by atoms with Crippen LogP contribution in [0.15, 0.2) is 0 Å². The van der Waals surface area contributed by atoms with E-state index < -0.39 is 15.6 Å². The van der Waals surface area contributed by atoms with Crippen molar-refractivity contribution in [1.29, 1.82) is 0 Å². The van der Waals surface area contributed by atoms with Crippen LogP contribution in [0.1, 0.15) is 27.7 Å². The molecule has 2 N–H and O–H groups in total. The zero-order valence-electron chi connectivity index (χ0n) is 14.9. The standard InChI is InChI=1S/C8H20O7P2.C6H6O2/c1-5-11-16(9,12-6-2)15-17(10,13-7-3)14-8-4;7-5-3-1-2-4-6-8/h5-8H2,1-4H3;7-8H,5-6H2. The fraction of sp³-hybridized carbons (Fsp3) is 0.714. The van der Waals surface area contributed by atoms with Gasteiger partial charge in [-0.2, -0.15) is 4.31 Å². The van der Waals surface area contributed by atoms with Gasteiger partial charge in [-0.05, 0) is 39.5 Å². The molecule has 0 spiro atoms. The van der Waals surface area contributed by atoms with Crippen molar-refractivity contribution < 1.29 is 41.7 Å². The van der Waals surface area contributed by atoms with Crippen LogP contribution in [-0.2, 0) is 31.5 Å².